The van der Waals surface area contributed by atoms with E-state index in [1.165, 1.54) is 0 Å². The molecule has 0 bridgehead atoms. The quantitative estimate of drug-likeness (QED) is 0.236. The molecule has 6 N–H and O–H groups in total. The second kappa shape index (κ2) is 13.4. The average molecular weight is 444 g/mol. The van der Waals surface area contributed by atoms with Crippen molar-refractivity contribution in [2.24, 2.45) is 0 Å². The van der Waals surface area contributed by atoms with Gasteiger partial charge in [-0.3, -0.25) is 4.79 Å². The van der Waals surface area contributed by atoms with Gasteiger partial charge in [0.25, 0.3) is 0 Å². The van der Waals surface area contributed by atoms with Gasteiger partial charge >= 0.3 is 23.9 Å². The first-order valence-electron chi connectivity index (χ1n) is 9.38. The molecule has 11 heteroatoms. The van der Waals surface area contributed by atoms with E-state index in [9.17, 15) is 24.3 Å². The molecular formula is C19H26ClN3O7. The van der Waals surface area contributed by atoms with Crippen LogP contribution in [0.15, 0.2) is 24.3 Å². The van der Waals surface area contributed by atoms with Crippen LogP contribution in [0, 0.1) is 0 Å². The summed E-state index contributed by atoms with van der Waals surface area (Å²) in [6.45, 7) is 1.26. The Morgan fingerprint density at radius 2 is 1.57 bits per heavy atom. The molecule has 0 heterocycles. The summed E-state index contributed by atoms with van der Waals surface area (Å²) < 4.78 is 0. The minimum Gasteiger partial charge on any atom is -0.481 e. The second-order valence-corrected chi connectivity index (χ2v) is 7.07. The summed E-state index contributed by atoms with van der Waals surface area (Å²) in [7, 11) is 0. The molecule has 0 aliphatic heterocycles. The molecule has 166 valence electrons. The Labute approximate surface area is 178 Å². The smallest absolute Gasteiger partial charge is 0.326 e. The zero-order valence-corrected chi connectivity index (χ0v) is 17.0. The standard InChI is InChI=1S/C19H26ClN3O7/c20-13-5-3-4-12(10-13)11-21-9-2-1-6-14(17(26)27)22-19(30)23-15(18(28)29)7-8-16(24)25/h3-5,10,14-15,21H,1-2,6-9,11H2,(H,24,25)(H,26,27)(H,28,29)(H2,22,23,30)/t14?,15-/m0/s1. The zero-order chi connectivity index (χ0) is 22.5. The van der Waals surface area contributed by atoms with Crippen molar-refractivity contribution in [3.05, 3.63) is 34.9 Å². The van der Waals surface area contributed by atoms with Crippen LogP contribution in [-0.2, 0) is 20.9 Å². The van der Waals surface area contributed by atoms with Crippen LogP contribution in [0.4, 0.5) is 4.79 Å². The van der Waals surface area contributed by atoms with Crippen molar-refractivity contribution in [2.75, 3.05) is 6.54 Å². The van der Waals surface area contributed by atoms with Crippen molar-refractivity contribution in [1.82, 2.24) is 16.0 Å². The number of rotatable bonds is 14. The van der Waals surface area contributed by atoms with Crippen molar-refractivity contribution < 1.29 is 34.5 Å². The molecule has 30 heavy (non-hydrogen) atoms. The first-order chi connectivity index (χ1) is 14.2. The van der Waals surface area contributed by atoms with Crippen LogP contribution in [0.1, 0.15) is 37.7 Å². The van der Waals surface area contributed by atoms with Gasteiger partial charge in [0.2, 0.25) is 0 Å². The van der Waals surface area contributed by atoms with E-state index >= 15 is 0 Å². The van der Waals surface area contributed by atoms with Crippen LogP contribution in [-0.4, -0.2) is 57.9 Å². The van der Waals surface area contributed by atoms with Gasteiger partial charge in [0, 0.05) is 18.0 Å². The third kappa shape index (κ3) is 10.6. The molecule has 0 saturated carbocycles. The van der Waals surface area contributed by atoms with Crippen LogP contribution >= 0.6 is 11.6 Å². The third-order valence-electron chi connectivity index (χ3n) is 4.17. The van der Waals surface area contributed by atoms with E-state index in [1.54, 1.807) is 6.07 Å². The maximum atomic E-state index is 11.9. The minimum absolute atomic E-state index is 0.161. The van der Waals surface area contributed by atoms with Gasteiger partial charge in [-0.15, -0.1) is 0 Å². The number of carbonyl (C=O) groups excluding carboxylic acids is 1. The highest BCUT2D eigenvalue weighted by Crippen LogP contribution is 2.10. The fourth-order valence-corrected chi connectivity index (χ4v) is 2.83. The fraction of sp³-hybridized carbons (Fsp3) is 0.474. The SMILES string of the molecule is O=C(O)CC[C@H](NC(=O)NC(CCCCNCc1cccc(Cl)c1)C(=O)O)C(=O)O. The third-order valence-corrected chi connectivity index (χ3v) is 4.40. The van der Waals surface area contributed by atoms with Crippen molar-refractivity contribution in [3.8, 4) is 0 Å². The zero-order valence-electron chi connectivity index (χ0n) is 16.3. The van der Waals surface area contributed by atoms with E-state index in [0.29, 0.717) is 31.0 Å². The molecule has 0 aromatic heterocycles. The molecule has 1 rings (SSSR count). The predicted molar refractivity (Wildman–Crippen MR) is 108 cm³/mol. The summed E-state index contributed by atoms with van der Waals surface area (Å²) in [5.41, 5.74) is 1.03. The van der Waals surface area contributed by atoms with Crippen LogP contribution < -0.4 is 16.0 Å². The number of nitrogens with one attached hydrogen (secondary N) is 3. The Balaban J connectivity index is 2.35. The summed E-state index contributed by atoms with van der Waals surface area (Å²) in [6, 6.07) is 3.83. The molecule has 2 atom stereocenters. The van der Waals surface area contributed by atoms with E-state index in [4.69, 9.17) is 21.8 Å². The summed E-state index contributed by atoms with van der Waals surface area (Å²) in [5.74, 6) is -3.84. The molecule has 0 aliphatic carbocycles. The number of urea groups is 1. The maximum absolute atomic E-state index is 11.9. The lowest BCUT2D eigenvalue weighted by Gasteiger charge is -2.18. The Bertz CT molecular complexity index is 745. The fourth-order valence-electron chi connectivity index (χ4n) is 2.62. The number of benzene rings is 1. The highest BCUT2D eigenvalue weighted by molar-refractivity contribution is 6.30. The van der Waals surface area contributed by atoms with Gasteiger partial charge in [0.15, 0.2) is 0 Å². The number of carboxylic acid groups (broad SMARTS) is 3. The second-order valence-electron chi connectivity index (χ2n) is 6.63. The Kier molecular flexibility index (Phi) is 11.2. The molecule has 1 aromatic carbocycles. The van der Waals surface area contributed by atoms with E-state index in [-0.39, 0.29) is 12.8 Å². The van der Waals surface area contributed by atoms with Crippen LogP contribution in [0.5, 0.6) is 0 Å². The highest BCUT2D eigenvalue weighted by atomic mass is 35.5. The van der Waals surface area contributed by atoms with Crippen LogP contribution in [0.2, 0.25) is 5.02 Å². The Morgan fingerprint density at radius 3 is 2.13 bits per heavy atom. The molecule has 1 unspecified atom stereocenters. The van der Waals surface area contributed by atoms with Gasteiger partial charge in [-0.2, -0.15) is 0 Å². The lowest BCUT2D eigenvalue weighted by Crippen LogP contribution is -2.51. The molecule has 10 nitrogen and oxygen atoms in total. The first-order valence-corrected chi connectivity index (χ1v) is 9.76. The molecular weight excluding hydrogens is 418 g/mol. The largest absolute Gasteiger partial charge is 0.481 e. The van der Waals surface area contributed by atoms with E-state index in [2.05, 4.69) is 16.0 Å². The highest BCUT2D eigenvalue weighted by Gasteiger charge is 2.24. The summed E-state index contributed by atoms with van der Waals surface area (Å²) >= 11 is 5.91. The van der Waals surface area contributed by atoms with Crippen molar-refractivity contribution in [1.29, 1.82) is 0 Å². The predicted octanol–water partition coefficient (Wildman–Crippen LogP) is 1.67. The number of amides is 2. The number of carbonyl (C=O) groups is 4. The van der Waals surface area contributed by atoms with Crippen LogP contribution in [0.3, 0.4) is 0 Å². The number of carboxylic acids is 3. The summed E-state index contributed by atoms with van der Waals surface area (Å²) in [6.07, 6.45) is 0.593. The van der Waals surface area contributed by atoms with Gasteiger partial charge in [0.1, 0.15) is 12.1 Å². The molecule has 2 amide bonds. The normalized spacial score (nSPS) is 12.6. The topological polar surface area (TPSA) is 165 Å². The summed E-state index contributed by atoms with van der Waals surface area (Å²) in [4.78, 5) is 44.9. The molecule has 1 aromatic rings. The van der Waals surface area contributed by atoms with Crippen molar-refractivity contribution >= 4 is 35.5 Å². The van der Waals surface area contributed by atoms with E-state index in [1.807, 2.05) is 18.2 Å². The average Bonchev–Trinajstić information content (AvgIpc) is 2.66. The number of unbranched alkanes of at least 4 members (excludes halogenated alkanes) is 1. The first kappa shape index (κ1) is 25.2. The van der Waals surface area contributed by atoms with E-state index < -0.39 is 42.4 Å². The van der Waals surface area contributed by atoms with Gasteiger partial charge in [0.05, 0.1) is 0 Å². The molecule has 0 fully saturated rings. The minimum atomic E-state index is -1.42. The number of aliphatic carboxylic acids is 3. The number of hydrogen-bond donors (Lipinski definition) is 6. The molecule has 0 radical (unpaired) electrons. The maximum Gasteiger partial charge on any atom is 0.326 e. The lowest BCUT2D eigenvalue weighted by atomic mass is 10.1. The van der Waals surface area contributed by atoms with Crippen molar-refractivity contribution in [2.45, 2.75) is 50.7 Å². The Hall–Kier alpha value is -2.85. The van der Waals surface area contributed by atoms with Gasteiger partial charge in [-0.25, -0.2) is 14.4 Å². The lowest BCUT2D eigenvalue weighted by molar-refractivity contribution is -0.140. The van der Waals surface area contributed by atoms with E-state index in [0.717, 1.165) is 5.56 Å². The van der Waals surface area contributed by atoms with Crippen LogP contribution in [0.25, 0.3) is 0 Å². The van der Waals surface area contributed by atoms with Crippen molar-refractivity contribution in [3.63, 3.8) is 0 Å². The Morgan fingerprint density at radius 1 is 0.933 bits per heavy atom. The molecule has 0 spiro atoms. The molecule has 0 saturated heterocycles. The van der Waals surface area contributed by atoms with Gasteiger partial charge in [-0.1, -0.05) is 23.7 Å². The monoisotopic (exact) mass is 443 g/mol. The van der Waals surface area contributed by atoms with Gasteiger partial charge < -0.3 is 31.3 Å². The van der Waals surface area contributed by atoms with Gasteiger partial charge in [-0.05, 0) is 49.9 Å². The summed E-state index contributed by atoms with van der Waals surface area (Å²) in [5, 5.41) is 35.1. The number of halogens is 1. The number of hydrogen-bond acceptors (Lipinski definition) is 5. The molecule has 0 aliphatic rings.